The van der Waals surface area contributed by atoms with Crippen molar-refractivity contribution < 1.29 is 9.18 Å². The summed E-state index contributed by atoms with van der Waals surface area (Å²) < 4.78 is 14.8. The highest BCUT2D eigenvalue weighted by molar-refractivity contribution is 14.0. The quantitative estimate of drug-likeness (QED) is 0.344. The van der Waals surface area contributed by atoms with Crippen molar-refractivity contribution in [3.8, 4) is 5.69 Å². The van der Waals surface area contributed by atoms with E-state index >= 15 is 0 Å². The number of rotatable bonds is 6. The molecule has 0 aliphatic carbocycles. The van der Waals surface area contributed by atoms with Crippen LogP contribution in [0.1, 0.15) is 25.0 Å². The minimum absolute atomic E-state index is 0. The van der Waals surface area contributed by atoms with Gasteiger partial charge in [-0.1, -0.05) is 0 Å². The first-order valence-corrected chi connectivity index (χ1v) is 10.1. The van der Waals surface area contributed by atoms with Crippen LogP contribution in [0.5, 0.6) is 0 Å². The van der Waals surface area contributed by atoms with Crippen LogP contribution < -0.4 is 10.6 Å². The zero-order valence-corrected chi connectivity index (χ0v) is 19.8. The van der Waals surface area contributed by atoms with Gasteiger partial charge in [-0.2, -0.15) is 5.10 Å². The lowest BCUT2D eigenvalue weighted by molar-refractivity contribution is -0.121. The molecule has 9 heteroatoms. The van der Waals surface area contributed by atoms with Crippen LogP contribution in [0, 0.1) is 11.7 Å². The number of nitrogens with zero attached hydrogens (tertiary/aromatic N) is 4. The highest BCUT2D eigenvalue weighted by atomic mass is 127. The standard InChI is InChI=1S/C21H29FN6O.HI/c1-23-20(29)15-16-8-12-27(13-9-16)21(24-2)25-11-7-18-10-14-28(26-18)19-5-3-17(22)4-6-19;/h3-6,10,14,16H,7-9,11-13,15H2,1-2H3,(H,23,29)(H,24,25);1H. The van der Waals surface area contributed by atoms with Gasteiger partial charge in [0.25, 0.3) is 0 Å². The van der Waals surface area contributed by atoms with Gasteiger partial charge >= 0.3 is 0 Å². The third kappa shape index (κ3) is 6.68. The molecule has 2 heterocycles. The molecule has 1 amide bonds. The third-order valence-electron chi connectivity index (χ3n) is 5.28. The molecule has 164 valence electrons. The maximum Gasteiger partial charge on any atom is 0.220 e. The molecule has 30 heavy (non-hydrogen) atoms. The van der Waals surface area contributed by atoms with E-state index in [1.807, 2.05) is 12.3 Å². The second-order valence-electron chi connectivity index (χ2n) is 7.26. The van der Waals surface area contributed by atoms with Crippen molar-refractivity contribution in [2.75, 3.05) is 33.7 Å². The van der Waals surface area contributed by atoms with Gasteiger partial charge in [0.1, 0.15) is 5.82 Å². The molecule has 1 aromatic heterocycles. The molecule has 2 N–H and O–H groups in total. The Balaban J connectivity index is 0.00000320. The molecule has 0 unspecified atom stereocenters. The summed E-state index contributed by atoms with van der Waals surface area (Å²) >= 11 is 0. The first-order valence-electron chi connectivity index (χ1n) is 10.1. The van der Waals surface area contributed by atoms with Crippen LogP contribution in [0.2, 0.25) is 0 Å². The van der Waals surface area contributed by atoms with E-state index in [9.17, 15) is 9.18 Å². The van der Waals surface area contributed by atoms with Crippen LogP contribution in [-0.2, 0) is 11.2 Å². The fourth-order valence-electron chi connectivity index (χ4n) is 3.58. The van der Waals surface area contributed by atoms with Crippen molar-refractivity contribution >= 4 is 35.8 Å². The number of hydrogen-bond acceptors (Lipinski definition) is 3. The van der Waals surface area contributed by atoms with E-state index in [0.717, 1.165) is 56.2 Å². The number of amides is 1. The van der Waals surface area contributed by atoms with E-state index in [-0.39, 0.29) is 35.7 Å². The number of benzene rings is 1. The zero-order valence-electron chi connectivity index (χ0n) is 17.5. The summed E-state index contributed by atoms with van der Waals surface area (Å²) in [6, 6.07) is 8.25. The number of piperidine rings is 1. The van der Waals surface area contributed by atoms with Gasteiger partial charge in [0, 0.05) is 52.8 Å². The Morgan fingerprint density at radius 3 is 2.57 bits per heavy atom. The van der Waals surface area contributed by atoms with Crippen LogP contribution in [0.25, 0.3) is 5.69 Å². The summed E-state index contributed by atoms with van der Waals surface area (Å²) in [5.74, 6) is 1.20. The van der Waals surface area contributed by atoms with E-state index in [2.05, 4.69) is 25.6 Å². The van der Waals surface area contributed by atoms with Crippen LogP contribution in [0.4, 0.5) is 4.39 Å². The van der Waals surface area contributed by atoms with Crippen LogP contribution in [0.15, 0.2) is 41.5 Å². The predicted octanol–water partition coefficient (Wildman–Crippen LogP) is 2.60. The monoisotopic (exact) mass is 528 g/mol. The van der Waals surface area contributed by atoms with Crippen LogP contribution >= 0.6 is 24.0 Å². The van der Waals surface area contributed by atoms with Gasteiger partial charge < -0.3 is 15.5 Å². The number of likely N-dealkylation sites (tertiary alicyclic amines) is 1. The molecule has 1 aromatic carbocycles. The molecule has 0 atom stereocenters. The highest BCUT2D eigenvalue weighted by Crippen LogP contribution is 2.20. The van der Waals surface area contributed by atoms with Gasteiger partial charge in [-0.15, -0.1) is 24.0 Å². The number of aromatic nitrogens is 2. The number of carbonyl (C=O) groups is 1. The van der Waals surface area contributed by atoms with Gasteiger partial charge in [-0.25, -0.2) is 9.07 Å². The van der Waals surface area contributed by atoms with Crippen molar-refractivity contribution in [1.82, 2.24) is 25.3 Å². The van der Waals surface area contributed by atoms with E-state index in [1.54, 1.807) is 30.9 Å². The molecule has 2 aromatic rings. The average molecular weight is 528 g/mol. The highest BCUT2D eigenvalue weighted by Gasteiger charge is 2.22. The zero-order chi connectivity index (χ0) is 20.6. The fourth-order valence-corrected chi connectivity index (χ4v) is 3.58. The number of halogens is 2. The molecule has 1 aliphatic heterocycles. The van der Waals surface area contributed by atoms with Crippen LogP contribution in [0.3, 0.4) is 0 Å². The van der Waals surface area contributed by atoms with E-state index in [0.29, 0.717) is 12.3 Å². The lowest BCUT2D eigenvalue weighted by atomic mass is 9.93. The molecule has 3 rings (SSSR count). The Kier molecular flexibility index (Phi) is 9.54. The minimum Gasteiger partial charge on any atom is -0.359 e. The maximum absolute atomic E-state index is 13.1. The van der Waals surface area contributed by atoms with Crippen molar-refractivity contribution in [2.45, 2.75) is 25.7 Å². The molecule has 0 spiro atoms. The van der Waals surface area contributed by atoms with E-state index in [1.165, 1.54) is 12.1 Å². The Morgan fingerprint density at radius 2 is 1.93 bits per heavy atom. The van der Waals surface area contributed by atoms with Crippen molar-refractivity contribution in [2.24, 2.45) is 10.9 Å². The lowest BCUT2D eigenvalue weighted by Crippen LogP contribution is -2.46. The fraction of sp³-hybridized carbons (Fsp3) is 0.476. The molecule has 1 fully saturated rings. The summed E-state index contributed by atoms with van der Waals surface area (Å²) in [5.41, 5.74) is 1.79. The van der Waals surface area contributed by atoms with E-state index < -0.39 is 0 Å². The summed E-state index contributed by atoms with van der Waals surface area (Å²) in [6.07, 6.45) is 5.24. The second kappa shape index (κ2) is 11.9. The summed E-state index contributed by atoms with van der Waals surface area (Å²) in [6.45, 7) is 2.53. The first-order chi connectivity index (χ1) is 14.1. The third-order valence-corrected chi connectivity index (χ3v) is 5.28. The molecule has 1 aliphatic rings. The van der Waals surface area contributed by atoms with Gasteiger partial charge in [0.05, 0.1) is 11.4 Å². The molecule has 7 nitrogen and oxygen atoms in total. The number of carbonyl (C=O) groups excluding carboxylic acids is 1. The van der Waals surface area contributed by atoms with Gasteiger partial charge in [-0.3, -0.25) is 9.79 Å². The molecule has 0 bridgehead atoms. The van der Waals surface area contributed by atoms with Crippen molar-refractivity contribution in [3.63, 3.8) is 0 Å². The lowest BCUT2D eigenvalue weighted by Gasteiger charge is -2.34. The molecule has 1 saturated heterocycles. The smallest absolute Gasteiger partial charge is 0.220 e. The second-order valence-corrected chi connectivity index (χ2v) is 7.26. The van der Waals surface area contributed by atoms with Gasteiger partial charge in [0.2, 0.25) is 5.91 Å². The number of aliphatic imine (C=N–C) groups is 1. The first kappa shape index (κ1) is 24.1. The Labute approximate surface area is 194 Å². The summed E-state index contributed by atoms with van der Waals surface area (Å²) in [4.78, 5) is 18.2. The largest absolute Gasteiger partial charge is 0.359 e. The Bertz CT molecular complexity index is 830. The number of nitrogens with one attached hydrogen (secondary N) is 2. The van der Waals surface area contributed by atoms with Gasteiger partial charge in [-0.05, 0) is 49.1 Å². The Morgan fingerprint density at radius 1 is 1.23 bits per heavy atom. The number of guanidine groups is 1. The predicted molar refractivity (Wildman–Crippen MR) is 127 cm³/mol. The van der Waals surface area contributed by atoms with E-state index in [4.69, 9.17) is 0 Å². The average Bonchev–Trinajstić information content (AvgIpc) is 3.21. The summed E-state index contributed by atoms with van der Waals surface area (Å²) in [5, 5.41) is 10.7. The maximum atomic E-state index is 13.1. The van der Waals surface area contributed by atoms with Gasteiger partial charge in [0.15, 0.2) is 5.96 Å². The summed E-state index contributed by atoms with van der Waals surface area (Å²) in [7, 11) is 3.48. The SMILES string of the molecule is CN=C(NCCc1ccn(-c2ccc(F)cc2)n1)N1CCC(CC(=O)NC)CC1.I. The molecule has 0 radical (unpaired) electrons. The normalized spacial score (nSPS) is 14.9. The van der Waals surface area contributed by atoms with Crippen LogP contribution in [-0.4, -0.2) is 60.3 Å². The minimum atomic E-state index is -0.255. The molecular weight excluding hydrogens is 498 g/mol. The number of hydrogen-bond donors (Lipinski definition) is 2. The Hall–Kier alpha value is -2.17. The molecular formula is C21H30FIN6O. The molecule has 0 saturated carbocycles. The van der Waals surface area contributed by atoms with Crippen molar-refractivity contribution in [1.29, 1.82) is 0 Å². The van der Waals surface area contributed by atoms with Crippen molar-refractivity contribution in [3.05, 3.63) is 48.0 Å². The topological polar surface area (TPSA) is 74.5 Å².